The summed E-state index contributed by atoms with van der Waals surface area (Å²) in [5.41, 5.74) is 10.6. The molecule has 1 heterocycles. The van der Waals surface area contributed by atoms with Gasteiger partial charge in [0.25, 0.3) is 0 Å². The minimum Gasteiger partial charge on any atom is -0.310 e. The Labute approximate surface area is 307 Å². The quantitative estimate of drug-likeness (QED) is 0.169. The Morgan fingerprint density at radius 1 is 0.288 bits per heavy atom. The van der Waals surface area contributed by atoms with Gasteiger partial charge in [0, 0.05) is 37.2 Å². The maximum atomic E-state index is 2.39. The Morgan fingerprint density at radius 3 is 1.42 bits per heavy atom. The first kappa shape index (κ1) is 30.4. The lowest BCUT2D eigenvalue weighted by atomic mass is 9.96. The van der Waals surface area contributed by atoms with Crippen LogP contribution >= 0.6 is 11.3 Å². The summed E-state index contributed by atoms with van der Waals surface area (Å²) in [7, 11) is 0. The Hall–Kier alpha value is -6.48. The molecule has 0 unspecified atom stereocenters. The van der Waals surface area contributed by atoms with Crippen LogP contribution in [0.25, 0.3) is 75.1 Å². The van der Waals surface area contributed by atoms with Crippen LogP contribution in [0.5, 0.6) is 0 Å². The summed E-state index contributed by atoms with van der Waals surface area (Å²) in [6.45, 7) is 0. The van der Waals surface area contributed by atoms with Gasteiger partial charge in [0.05, 0.1) is 0 Å². The highest BCUT2D eigenvalue weighted by atomic mass is 32.1. The number of thiophene rings is 1. The van der Waals surface area contributed by atoms with Gasteiger partial charge in [0.2, 0.25) is 0 Å². The molecular weight excluding hydrogens is 647 g/mol. The van der Waals surface area contributed by atoms with Crippen LogP contribution in [0.3, 0.4) is 0 Å². The molecule has 0 radical (unpaired) electrons. The first-order valence-electron chi connectivity index (χ1n) is 17.8. The normalized spacial score (nSPS) is 11.5. The second-order valence-electron chi connectivity index (χ2n) is 13.3. The van der Waals surface area contributed by atoms with Crippen molar-refractivity contribution in [1.82, 2.24) is 0 Å². The number of anilines is 3. The van der Waals surface area contributed by atoms with Crippen LogP contribution in [0.15, 0.2) is 200 Å². The van der Waals surface area contributed by atoms with Gasteiger partial charge in [0.15, 0.2) is 0 Å². The van der Waals surface area contributed by atoms with Gasteiger partial charge in [-0.15, -0.1) is 11.3 Å². The third-order valence-corrected chi connectivity index (χ3v) is 11.4. The lowest BCUT2D eigenvalue weighted by molar-refractivity contribution is 1.28. The van der Waals surface area contributed by atoms with Crippen LogP contribution in [-0.2, 0) is 0 Å². The van der Waals surface area contributed by atoms with Crippen LogP contribution in [-0.4, -0.2) is 0 Å². The van der Waals surface area contributed by atoms with Crippen molar-refractivity contribution in [2.75, 3.05) is 4.90 Å². The fraction of sp³-hybridized carbons (Fsp3) is 0. The molecule has 0 fully saturated rings. The molecule has 0 saturated heterocycles. The van der Waals surface area contributed by atoms with Gasteiger partial charge in [-0.05, 0) is 103 Å². The van der Waals surface area contributed by atoms with Crippen LogP contribution in [0, 0.1) is 0 Å². The molecule has 0 bridgehead atoms. The first-order chi connectivity index (χ1) is 25.8. The van der Waals surface area contributed by atoms with Crippen LogP contribution < -0.4 is 4.90 Å². The predicted molar refractivity (Wildman–Crippen MR) is 225 cm³/mol. The van der Waals surface area contributed by atoms with Gasteiger partial charge in [-0.25, -0.2) is 0 Å². The fourth-order valence-corrected chi connectivity index (χ4v) is 8.88. The Balaban J connectivity index is 1.10. The maximum Gasteiger partial charge on any atom is 0.0467 e. The maximum absolute atomic E-state index is 2.39. The van der Waals surface area contributed by atoms with E-state index >= 15 is 0 Å². The zero-order valence-corrected chi connectivity index (χ0v) is 29.2. The van der Waals surface area contributed by atoms with Gasteiger partial charge < -0.3 is 4.90 Å². The molecule has 0 aliphatic rings. The second kappa shape index (κ2) is 12.7. The minimum absolute atomic E-state index is 1.11. The van der Waals surface area contributed by atoms with Crippen molar-refractivity contribution in [1.29, 1.82) is 0 Å². The van der Waals surface area contributed by atoms with Gasteiger partial charge in [0.1, 0.15) is 0 Å². The Bertz CT molecular complexity index is 2780. The monoisotopic (exact) mass is 679 g/mol. The SMILES string of the molecule is c1cc(-c2cccc3ccccc23)cc(N(c2ccc(-c3ccc4c(c3)sc3ccccc34)cc2)c2cccc(-c3cccc4ccccc34)c2)c1. The second-order valence-corrected chi connectivity index (χ2v) is 14.4. The van der Waals surface area contributed by atoms with E-state index in [1.165, 1.54) is 75.1 Å². The highest BCUT2D eigenvalue weighted by Gasteiger charge is 2.16. The highest BCUT2D eigenvalue weighted by molar-refractivity contribution is 7.25. The van der Waals surface area contributed by atoms with Crippen molar-refractivity contribution < 1.29 is 0 Å². The largest absolute Gasteiger partial charge is 0.310 e. The first-order valence-corrected chi connectivity index (χ1v) is 18.6. The van der Waals surface area contributed by atoms with E-state index in [-0.39, 0.29) is 0 Å². The zero-order chi connectivity index (χ0) is 34.4. The van der Waals surface area contributed by atoms with E-state index in [2.05, 4.69) is 205 Å². The molecule has 0 saturated carbocycles. The molecule has 1 nitrogen and oxygen atoms in total. The Morgan fingerprint density at radius 2 is 0.788 bits per heavy atom. The minimum atomic E-state index is 1.11. The average Bonchev–Trinajstić information content (AvgIpc) is 3.59. The molecular formula is C50H33NS. The Kier molecular flexibility index (Phi) is 7.41. The van der Waals surface area contributed by atoms with Crippen molar-refractivity contribution in [3.8, 4) is 33.4 Å². The lowest BCUT2D eigenvalue weighted by Gasteiger charge is -2.27. The lowest BCUT2D eigenvalue weighted by Crippen LogP contribution is -2.10. The average molecular weight is 680 g/mol. The summed E-state index contributed by atoms with van der Waals surface area (Å²) in [6, 6.07) is 73.0. The van der Waals surface area contributed by atoms with Crippen molar-refractivity contribution in [3.63, 3.8) is 0 Å². The predicted octanol–water partition coefficient (Wildman–Crippen LogP) is 14.8. The molecule has 2 heteroatoms. The van der Waals surface area contributed by atoms with Gasteiger partial charge in [-0.3, -0.25) is 0 Å². The number of nitrogens with zero attached hydrogens (tertiary/aromatic N) is 1. The van der Waals surface area contributed by atoms with Crippen LogP contribution in [0.2, 0.25) is 0 Å². The summed E-state index contributed by atoms with van der Waals surface area (Å²) < 4.78 is 2.65. The van der Waals surface area contributed by atoms with E-state index < -0.39 is 0 Å². The molecule has 10 aromatic rings. The molecule has 0 spiro atoms. The molecule has 10 rings (SSSR count). The van der Waals surface area contributed by atoms with E-state index in [1.54, 1.807) is 0 Å². The van der Waals surface area contributed by atoms with Crippen molar-refractivity contribution in [2.24, 2.45) is 0 Å². The molecule has 1 aromatic heterocycles. The smallest absolute Gasteiger partial charge is 0.0467 e. The van der Waals surface area contributed by atoms with Crippen LogP contribution in [0.4, 0.5) is 17.1 Å². The molecule has 0 N–H and O–H groups in total. The van der Waals surface area contributed by atoms with Gasteiger partial charge in [-0.1, -0.05) is 152 Å². The molecule has 0 aliphatic carbocycles. The number of benzene rings is 9. The number of fused-ring (bicyclic) bond motifs is 5. The van der Waals surface area contributed by atoms with E-state index in [0.29, 0.717) is 0 Å². The molecule has 52 heavy (non-hydrogen) atoms. The molecule has 244 valence electrons. The number of hydrogen-bond acceptors (Lipinski definition) is 2. The van der Waals surface area contributed by atoms with E-state index in [4.69, 9.17) is 0 Å². The summed E-state index contributed by atoms with van der Waals surface area (Å²) in [6.07, 6.45) is 0. The standard InChI is InChI=1S/C50H33NS/c1-3-19-43-35(11-1)13-9-22-45(43)38-15-7-17-41(31-38)51(42-18-8-16-39(32-42)46-23-10-14-36-12-2-4-20-44(36)46)40-28-25-34(26-29-40)37-27-30-48-47-21-5-6-24-49(47)52-50(48)33-37/h1-33H. The van der Waals surface area contributed by atoms with Crippen LogP contribution in [0.1, 0.15) is 0 Å². The third-order valence-electron chi connectivity index (χ3n) is 10.2. The van der Waals surface area contributed by atoms with Gasteiger partial charge in [-0.2, -0.15) is 0 Å². The molecule has 0 amide bonds. The van der Waals surface area contributed by atoms with Crippen molar-refractivity contribution >= 4 is 70.1 Å². The number of rotatable bonds is 6. The fourth-order valence-electron chi connectivity index (χ4n) is 7.73. The van der Waals surface area contributed by atoms with Gasteiger partial charge >= 0.3 is 0 Å². The molecule has 0 aliphatic heterocycles. The summed E-state index contributed by atoms with van der Waals surface area (Å²) in [4.78, 5) is 2.39. The molecule has 0 atom stereocenters. The third kappa shape index (κ3) is 5.33. The van der Waals surface area contributed by atoms with Crippen molar-refractivity contribution in [2.45, 2.75) is 0 Å². The van der Waals surface area contributed by atoms with E-state index in [0.717, 1.165) is 17.1 Å². The van der Waals surface area contributed by atoms with E-state index in [1.807, 2.05) is 11.3 Å². The highest BCUT2D eigenvalue weighted by Crippen LogP contribution is 2.41. The van der Waals surface area contributed by atoms with E-state index in [9.17, 15) is 0 Å². The zero-order valence-electron chi connectivity index (χ0n) is 28.4. The summed E-state index contributed by atoms with van der Waals surface area (Å²) >= 11 is 1.86. The van der Waals surface area contributed by atoms with Crippen molar-refractivity contribution in [3.05, 3.63) is 200 Å². The summed E-state index contributed by atoms with van der Waals surface area (Å²) in [5.74, 6) is 0. The molecule has 9 aromatic carbocycles. The number of hydrogen-bond donors (Lipinski definition) is 0. The topological polar surface area (TPSA) is 3.24 Å². The summed E-state index contributed by atoms with van der Waals surface area (Å²) in [5, 5.41) is 7.66.